The van der Waals surface area contributed by atoms with E-state index in [1.54, 1.807) is 17.4 Å². The first-order chi connectivity index (χ1) is 10.6. The largest absolute Gasteiger partial charge is 0.384 e. The maximum atomic E-state index is 12.5. The smallest absolute Gasteiger partial charge is 0.233 e. The Balaban J connectivity index is 1.64. The van der Waals surface area contributed by atoms with Gasteiger partial charge in [0.25, 0.3) is 0 Å². The van der Waals surface area contributed by atoms with Gasteiger partial charge in [0.05, 0.1) is 11.8 Å². The minimum Gasteiger partial charge on any atom is -0.384 e. The topological polar surface area (TPSA) is 72.1 Å². The van der Waals surface area contributed by atoms with Gasteiger partial charge in [-0.05, 0) is 42.2 Å². The number of nitrogen functional groups attached to an aromatic ring is 1. The Morgan fingerprint density at radius 2 is 2.41 bits per heavy atom. The first-order valence-corrected chi connectivity index (χ1v) is 9.12. The van der Waals surface area contributed by atoms with E-state index in [4.69, 9.17) is 5.73 Å². The maximum absolute atomic E-state index is 12.5. The van der Waals surface area contributed by atoms with Crippen LogP contribution in [0.4, 0.5) is 5.82 Å². The molecule has 2 aromatic heterocycles. The first-order valence-electron chi connectivity index (χ1n) is 7.19. The molecule has 116 valence electrons. The molecule has 0 unspecified atom stereocenters. The van der Waals surface area contributed by atoms with Crippen LogP contribution in [0.25, 0.3) is 0 Å². The van der Waals surface area contributed by atoms with E-state index in [-0.39, 0.29) is 11.9 Å². The van der Waals surface area contributed by atoms with Crippen LogP contribution in [0.1, 0.15) is 30.1 Å². The minimum atomic E-state index is 0.141. The highest BCUT2D eigenvalue weighted by molar-refractivity contribution is 7.99. The van der Waals surface area contributed by atoms with Gasteiger partial charge < -0.3 is 10.6 Å². The molecule has 1 aliphatic heterocycles. The van der Waals surface area contributed by atoms with Crippen molar-refractivity contribution < 1.29 is 4.79 Å². The van der Waals surface area contributed by atoms with Crippen molar-refractivity contribution in [3.05, 3.63) is 34.2 Å². The van der Waals surface area contributed by atoms with E-state index < -0.39 is 0 Å². The molecule has 0 radical (unpaired) electrons. The molecule has 5 nitrogen and oxygen atoms in total. The van der Waals surface area contributed by atoms with Crippen molar-refractivity contribution in [1.82, 2.24) is 14.9 Å². The fraction of sp³-hybridized carbons (Fsp3) is 0.400. The summed E-state index contributed by atoms with van der Waals surface area (Å²) < 4.78 is 0. The molecule has 0 aromatic carbocycles. The molecule has 1 fully saturated rings. The monoisotopic (exact) mass is 334 g/mol. The van der Waals surface area contributed by atoms with Gasteiger partial charge in [-0.3, -0.25) is 4.79 Å². The molecule has 2 N–H and O–H groups in total. The third-order valence-corrected chi connectivity index (χ3v) is 5.21. The van der Waals surface area contributed by atoms with Crippen LogP contribution in [0.3, 0.4) is 0 Å². The molecule has 1 atom stereocenters. The fourth-order valence-corrected chi connectivity index (χ4v) is 4.22. The highest BCUT2D eigenvalue weighted by atomic mass is 32.2. The molecule has 0 spiro atoms. The molecule has 1 amide bonds. The lowest BCUT2D eigenvalue weighted by Crippen LogP contribution is -2.31. The minimum absolute atomic E-state index is 0.141. The molecule has 0 aliphatic carbocycles. The van der Waals surface area contributed by atoms with Crippen molar-refractivity contribution in [2.24, 2.45) is 0 Å². The second-order valence-electron chi connectivity index (χ2n) is 5.31. The van der Waals surface area contributed by atoms with Crippen molar-refractivity contribution >= 4 is 34.8 Å². The average molecular weight is 334 g/mol. The van der Waals surface area contributed by atoms with Crippen molar-refractivity contribution in [2.45, 2.75) is 31.0 Å². The Labute approximate surface area is 138 Å². The number of aromatic nitrogens is 2. The van der Waals surface area contributed by atoms with Crippen LogP contribution in [0.5, 0.6) is 0 Å². The standard InChI is InChI=1S/C15H18N4OS2/c1-10-7-13(16)18-15(17-10)22-9-14(20)19-5-2-3-12(19)11-4-6-21-8-11/h4,6-8,12H,2-3,5,9H2,1H3,(H2,16,17,18)/t12-/m0/s1. The summed E-state index contributed by atoms with van der Waals surface area (Å²) in [6.45, 7) is 2.70. The molecule has 7 heteroatoms. The predicted molar refractivity (Wildman–Crippen MR) is 89.9 cm³/mol. The van der Waals surface area contributed by atoms with Crippen LogP contribution < -0.4 is 5.73 Å². The Bertz CT molecular complexity index is 639. The zero-order chi connectivity index (χ0) is 15.5. The van der Waals surface area contributed by atoms with Gasteiger partial charge in [-0.15, -0.1) is 0 Å². The summed E-state index contributed by atoms with van der Waals surface area (Å²) in [5.74, 6) is 0.936. The number of likely N-dealkylation sites (tertiary alicyclic amines) is 1. The third-order valence-electron chi connectivity index (χ3n) is 3.68. The van der Waals surface area contributed by atoms with Crippen LogP contribution in [0, 0.1) is 6.92 Å². The molecule has 1 aliphatic rings. The molecule has 2 aromatic rings. The van der Waals surface area contributed by atoms with E-state index in [9.17, 15) is 4.79 Å². The Morgan fingerprint density at radius 3 is 3.14 bits per heavy atom. The lowest BCUT2D eigenvalue weighted by atomic mass is 10.1. The Hall–Kier alpha value is -1.60. The van der Waals surface area contributed by atoms with E-state index in [2.05, 4.69) is 26.8 Å². The van der Waals surface area contributed by atoms with Gasteiger partial charge >= 0.3 is 0 Å². The molecular formula is C15H18N4OS2. The van der Waals surface area contributed by atoms with E-state index in [0.29, 0.717) is 16.7 Å². The Kier molecular flexibility index (Phi) is 4.63. The maximum Gasteiger partial charge on any atom is 0.233 e. The van der Waals surface area contributed by atoms with Crippen LogP contribution >= 0.6 is 23.1 Å². The van der Waals surface area contributed by atoms with Crippen LogP contribution in [0.15, 0.2) is 28.0 Å². The normalized spacial score (nSPS) is 17.9. The van der Waals surface area contributed by atoms with Crippen LogP contribution in [-0.4, -0.2) is 33.1 Å². The number of aryl methyl sites for hydroxylation is 1. The molecule has 3 rings (SSSR count). The van der Waals surface area contributed by atoms with Crippen LogP contribution in [0.2, 0.25) is 0 Å². The highest BCUT2D eigenvalue weighted by Gasteiger charge is 2.30. The van der Waals surface area contributed by atoms with Crippen molar-refractivity contribution in [3.63, 3.8) is 0 Å². The lowest BCUT2D eigenvalue weighted by molar-refractivity contribution is -0.129. The van der Waals surface area contributed by atoms with E-state index in [1.807, 2.05) is 11.8 Å². The summed E-state index contributed by atoms with van der Waals surface area (Å²) in [5.41, 5.74) is 7.78. The van der Waals surface area contributed by atoms with E-state index in [0.717, 1.165) is 25.1 Å². The second kappa shape index (κ2) is 6.66. The number of nitrogens with zero attached hydrogens (tertiary/aromatic N) is 3. The highest BCUT2D eigenvalue weighted by Crippen LogP contribution is 2.33. The van der Waals surface area contributed by atoms with Gasteiger partial charge in [0.15, 0.2) is 5.16 Å². The predicted octanol–water partition coefficient (Wildman–Crippen LogP) is 2.88. The van der Waals surface area contributed by atoms with Gasteiger partial charge in [-0.1, -0.05) is 11.8 Å². The summed E-state index contributed by atoms with van der Waals surface area (Å²) in [6, 6.07) is 4.06. The number of hydrogen-bond donors (Lipinski definition) is 1. The molecule has 0 saturated carbocycles. The van der Waals surface area contributed by atoms with Gasteiger partial charge in [0, 0.05) is 18.3 Å². The van der Waals surface area contributed by atoms with Gasteiger partial charge in [-0.25, -0.2) is 9.97 Å². The second-order valence-corrected chi connectivity index (χ2v) is 7.03. The number of amides is 1. The number of carbonyl (C=O) groups is 1. The zero-order valence-corrected chi connectivity index (χ0v) is 14.0. The van der Waals surface area contributed by atoms with Crippen molar-refractivity contribution in [2.75, 3.05) is 18.0 Å². The quantitative estimate of drug-likeness (QED) is 0.687. The van der Waals surface area contributed by atoms with Crippen LogP contribution in [-0.2, 0) is 4.79 Å². The summed E-state index contributed by atoms with van der Waals surface area (Å²) in [7, 11) is 0. The number of anilines is 1. The van der Waals surface area contributed by atoms with Gasteiger partial charge in [0.2, 0.25) is 5.91 Å². The summed E-state index contributed by atoms with van der Waals surface area (Å²) in [6.07, 6.45) is 2.10. The first kappa shape index (κ1) is 15.3. The number of nitrogens with two attached hydrogens (primary N) is 1. The zero-order valence-electron chi connectivity index (χ0n) is 12.4. The number of carbonyl (C=O) groups excluding carboxylic acids is 1. The Morgan fingerprint density at radius 1 is 1.55 bits per heavy atom. The number of thiophene rings is 1. The number of thioether (sulfide) groups is 1. The number of hydrogen-bond acceptors (Lipinski definition) is 6. The third kappa shape index (κ3) is 3.41. The van der Waals surface area contributed by atoms with Crippen molar-refractivity contribution in [3.8, 4) is 0 Å². The molecule has 22 heavy (non-hydrogen) atoms. The SMILES string of the molecule is Cc1cc(N)nc(SCC(=O)N2CCC[C@H]2c2ccsc2)n1. The van der Waals surface area contributed by atoms with Gasteiger partial charge in [0.1, 0.15) is 5.82 Å². The van der Waals surface area contributed by atoms with E-state index in [1.165, 1.54) is 17.3 Å². The molecular weight excluding hydrogens is 316 g/mol. The number of rotatable bonds is 4. The summed E-state index contributed by atoms with van der Waals surface area (Å²) >= 11 is 3.03. The molecule has 1 saturated heterocycles. The lowest BCUT2D eigenvalue weighted by Gasteiger charge is -2.24. The average Bonchev–Trinajstić information content (AvgIpc) is 3.13. The fourth-order valence-electron chi connectivity index (χ4n) is 2.72. The summed E-state index contributed by atoms with van der Waals surface area (Å²) in [4.78, 5) is 23.0. The van der Waals surface area contributed by atoms with E-state index >= 15 is 0 Å². The molecule has 0 bridgehead atoms. The summed E-state index contributed by atoms with van der Waals surface area (Å²) in [5, 5.41) is 4.76. The van der Waals surface area contributed by atoms with Gasteiger partial charge in [-0.2, -0.15) is 11.3 Å². The molecule has 3 heterocycles. The van der Waals surface area contributed by atoms with Crippen molar-refractivity contribution in [1.29, 1.82) is 0 Å².